The molecule has 1 amide bonds. The smallest absolute Gasteiger partial charge is 0.267 e. The minimum Gasteiger partial charge on any atom is -0.497 e. The Morgan fingerprint density at radius 2 is 1.91 bits per heavy atom. The summed E-state index contributed by atoms with van der Waals surface area (Å²) < 4.78 is 8.36. The third-order valence-electron chi connectivity index (χ3n) is 6.16. The molecule has 182 valence electrons. The van der Waals surface area contributed by atoms with Crippen LogP contribution in [0.1, 0.15) is 48.5 Å². The Kier molecular flexibility index (Phi) is 7.60. The first-order chi connectivity index (χ1) is 17.0. The summed E-state index contributed by atoms with van der Waals surface area (Å²) in [7, 11) is 1.62. The molecule has 0 atom stereocenters. The van der Waals surface area contributed by atoms with E-state index in [2.05, 4.69) is 17.2 Å². The number of hydrogen-bond acceptors (Lipinski definition) is 5. The van der Waals surface area contributed by atoms with Gasteiger partial charge in [-0.3, -0.25) is 19.4 Å². The molecule has 2 N–H and O–H groups in total. The molecular weight excluding hydrogens is 442 g/mol. The molecule has 4 aromatic rings. The molecule has 3 heterocycles. The van der Waals surface area contributed by atoms with Gasteiger partial charge in [0.1, 0.15) is 22.5 Å². The van der Waals surface area contributed by atoms with Crippen molar-refractivity contribution < 1.29 is 9.53 Å². The molecule has 4 rings (SSSR count). The van der Waals surface area contributed by atoms with Crippen LogP contribution in [0.5, 0.6) is 5.75 Å². The van der Waals surface area contributed by atoms with E-state index in [1.165, 1.54) is 10.5 Å². The third kappa shape index (κ3) is 5.26. The lowest BCUT2D eigenvalue weighted by atomic mass is 10.1. The molecule has 1 aromatic carbocycles. The van der Waals surface area contributed by atoms with Crippen molar-refractivity contribution in [1.82, 2.24) is 19.3 Å². The van der Waals surface area contributed by atoms with E-state index in [-0.39, 0.29) is 22.5 Å². The topological polar surface area (TPSA) is 101 Å². The Balaban J connectivity index is 1.75. The van der Waals surface area contributed by atoms with Crippen molar-refractivity contribution in [3.63, 3.8) is 0 Å². The molecule has 0 fully saturated rings. The van der Waals surface area contributed by atoms with Gasteiger partial charge in [-0.15, -0.1) is 0 Å². The Hall–Kier alpha value is -3.94. The number of methoxy groups -OCH3 is 1. The van der Waals surface area contributed by atoms with E-state index < -0.39 is 0 Å². The van der Waals surface area contributed by atoms with Crippen LogP contribution in [-0.4, -0.2) is 33.5 Å². The van der Waals surface area contributed by atoms with Gasteiger partial charge in [0, 0.05) is 19.3 Å². The molecule has 0 unspecified atom stereocenters. The first kappa shape index (κ1) is 24.2. The van der Waals surface area contributed by atoms with Crippen molar-refractivity contribution in [3.05, 3.63) is 81.7 Å². The highest BCUT2D eigenvalue weighted by Gasteiger charge is 2.17. The highest BCUT2D eigenvalue weighted by atomic mass is 16.5. The van der Waals surface area contributed by atoms with Crippen molar-refractivity contribution in [2.75, 3.05) is 13.7 Å². The standard InChI is InChI=1S/C27H31N5O3/c1-3-4-5-7-15-29-26(33)21-18-22-25(30-23-9-6-8-16-31(23)27(22)34)32(24(21)28)17-14-19-10-12-20(35-2)13-11-19/h6,8-13,16,18,28H,3-5,7,14-15,17H2,1-2H3,(H,29,33). The summed E-state index contributed by atoms with van der Waals surface area (Å²) >= 11 is 0. The maximum atomic E-state index is 13.3. The number of carbonyl (C=O) groups is 1. The van der Waals surface area contributed by atoms with Crippen molar-refractivity contribution in [2.45, 2.75) is 45.6 Å². The van der Waals surface area contributed by atoms with Crippen LogP contribution in [0.2, 0.25) is 0 Å². The minimum absolute atomic E-state index is 0.0456. The summed E-state index contributed by atoms with van der Waals surface area (Å²) in [5.74, 6) is 0.427. The number of carbonyl (C=O) groups excluding carboxylic acids is 1. The summed E-state index contributed by atoms with van der Waals surface area (Å²) in [6, 6.07) is 14.6. The van der Waals surface area contributed by atoms with Crippen LogP contribution >= 0.6 is 0 Å². The van der Waals surface area contributed by atoms with Crippen molar-refractivity contribution >= 4 is 22.6 Å². The van der Waals surface area contributed by atoms with Gasteiger partial charge < -0.3 is 14.6 Å². The van der Waals surface area contributed by atoms with Gasteiger partial charge in [-0.1, -0.05) is 44.4 Å². The quantitative estimate of drug-likeness (QED) is 0.271. The molecule has 0 spiro atoms. The van der Waals surface area contributed by atoms with E-state index in [0.29, 0.717) is 36.2 Å². The normalized spacial score (nSPS) is 11.1. The number of aryl methyl sites for hydroxylation is 2. The average Bonchev–Trinajstić information content (AvgIpc) is 2.88. The molecule has 0 radical (unpaired) electrons. The number of pyridine rings is 2. The number of nitrogens with zero attached hydrogens (tertiary/aromatic N) is 3. The second-order valence-corrected chi connectivity index (χ2v) is 8.56. The largest absolute Gasteiger partial charge is 0.497 e. The summed E-state index contributed by atoms with van der Waals surface area (Å²) in [5, 5.41) is 12.1. The van der Waals surface area contributed by atoms with E-state index in [0.717, 1.165) is 37.0 Å². The molecule has 0 aliphatic heterocycles. The molecule has 0 saturated heterocycles. The molecule has 8 nitrogen and oxygen atoms in total. The fourth-order valence-corrected chi connectivity index (χ4v) is 4.16. The number of amides is 1. The Morgan fingerprint density at radius 3 is 2.66 bits per heavy atom. The van der Waals surface area contributed by atoms with Gasteiger partial charge in [0.15, 0.2) is 0 Å². The monoisotopic (exact) mass is 473 g/mol. The summed E-state index contributed by atoms with van der Waals surface area (Å²) in [6.45, 7) is 3.08. The van der Waals surface area contributed by atoms with E-state index in [4.69, 9.17) is 10.1 Å². The van der Waals surface area contributed by atoms with Crippen molar-refractivity contribution in [3.8, 4) is 5.75 Å². The molecular formula is C27H31N5O3. The number of rotatable bonds is 10. The molecule has 0 aliphatic carbocycles. The number of hydrogen-bond donors (Lipinski definition) is 2. The van der Waals surface area contributed by atoms with Crippen molar-refractivity contribution in [1.29, 1.82) is 5.41 Å². The maximum absolute atomic E-state index is 13.3. The van der Waals surface area contributed by atoms with Crippen LogP contribution in [-0.2, 0) is 13.0 Å². The molecule has 0 saturated carbocycles. The number of benzene rings is 1. The molecule has 8 heteroatoms. The lowest BCUT2D eigenvalue weighted by Crippen LogP contribution is -2.35. The van der Waals surface area contributed by atoms with E-state index in [1.807, 2.05) is 30.3 Å². The van der Waals surface area contributed by atoms with E-state index in [9.17, 15) is 9.59 Å². The third-order valence-corrected chi connectivity index (χ3v) is 6.16. The van der Waals surface area contributed by atoms with Crippen LogP contribution in [0, 0.1) is 5.41 Å². The first-order valence-electron chi connectivity index (χ1n) is 12.0. The second kappa shape index (κ2) is 11.0. The molecule has 0 bridgehead atoms. The van der Waals surface area contributed by atoms with Gasteiger partial charge in [-0.2, -0.15) is 0 Å². The number of aromatic nitrogens is 3. The zero-order valence-electron chi connectivity index (χ0n) is 20.2. The second-order valence-electron chi connectivity index (χ2n) is 8.56. The highest BCUT2D eigenvalue weighted by Crippen LogP contribution is 2.14. The zero-order chi connectivity index (χ0) is 24.8. The number of nitrogens with one attached hydrogen (secondary N) is 2. The summed E-state index contributed by atoms with van der Waals surface area (Å²) in [6.07, 6.45) is 6.43. The molecule has 0 aliphatic rings. The summed E-state index contributed by atoms with van der Waals surface area (Å²) in [5.41, 5.74) is 1.91. The van der Waals surface area contributed by atoms with Gasteiger partial charge in [-0.25, -0.2) is 4.98 Å². The molecule has 35 heavy (non-hydrogen) atoms. The van der Waals surface area contributed by atoms with Gasteiger partial charge in [0.25, 0.3) is 11.5 Å². The average molecular weight is 474 g/mol. The van der Waals surface area contributed by atoms with Crippen LogP contribution in [0.25, 0.3) is 16.7 Å². The fourth-order valence-electron chi connectivity index (χ4n) is 4.16. The Bertz CT molecular complexity index is 1450. The van der Waals surface area contributed by atoms with Crippen LogP contribution < -0.4 is 21.1 Å². The fraction of sp³-hybridized carbons (Fsp3) is 0.333. The first-order valence-corrected chi connectivity index (χ1v) is 12.0. The minimum atomic E-state index is -0.343. The van der Waals surface area contributed by atoms with Gasteiger partial charge in [0.05, 0.1) is 18.1 Å². The van der Waals surface area contributed by atoms with Crippen LogP contribution in [0.3, 0.4) is 0 Å². The maximum Gasteiger partial charge on any atom is 0.267 e. The Morgan fingerprint density at radius 1 is 1.11 bits per heavy atom. The van der Waals surface area contributed by atoms with Gasteiger partial charge in [0.2, 0.25) is 0 Å². The predicted octanol–water partition coefficient (Wildman–Crippen LogP) is 3.69. The van der Waals surface area contributed by atoms with Crippen LogP contribution in [0.15, 0.2) is 59.5 Å². The molecule has 3 aromatic heterocycles. The Labute approximate surface area is 203 Å². The number of fused-ring (bicyclic) bond motifs is 2. The lowest BCUT2D eigenvalue weighted by molar-refractivity contribution is 0.0950. The van der Waals surface area contributed by atoms with Gasteiger partial charge in [-0.05, 0) is 48.7 Å². The lowest BCUT2D eigenvalue weighted by Gasteiger charge is -2.15. The van der Waals surface area contributed by atoms with Crippen LogP contribution in [0.4, 0.5) is 0 Å². The number of ether oxygens (including phenoxy) is 1. The van der Waals surface area contributed by atoms with Crippen molar-refractivity contribution in [2.24, 2.45) is 0 Å². The summed E-state index contributed by atoms with van der Waals surface area (Å²) in [4.78, 5) is 31.0. The van der Waals surface area contributed by atoms with Gasteiger partial charge >= 0.3 is 0 Å². The SMILES string of the molecule is CCCCCCNC(=O)c1cc2c(=O)n3ccccc3nc2n(CCc2ccc(OC)cc2)c1=N. The predicted molar refractivity (Wildman–Crippen MR) is 136 cm³/mol. The van der Waals surface area contributed by atoms with E-state index in [1.54, 1.807) is 30.0 Å². The highest BCUT2D eigenvalue weighted by molar-refractivity contribution is 5.96. The van der Waals surface area contributed by atoms with E-state index >= 15 is 0 Å². The zero-order valence-corrected chi connectivity index (χ0v) is 20.2. The number of unbranched alkanes of at least 4 members (excludes halogenated alkanes) is 3.